The van der Waals surface area contributed by atoms with E-state index in [1.165, 1.54) is 6.42 Å². The van der Waals surface area contributed by atoms with Crippen molar-refractivity contribution in [1.82, 2.24) is 10.2 Å². The second kappa shape index (κ2) is 8.15. The first-order chi connectivity index (χ1) is 9.78. The SMILES string of the molecule is CC(C)CN(CC(C)C)C1CCCC(C#N)(NC(C)C)C1. The van der Waals surface area contributed by atoms with Crippen molar-refractivity contribution in [2.24, 2.45) is 11.8 Å². The molecule has 122 valence electrons. The molecule has 0 amide bonds. The molecule has 1 aliphatic carbocycles. The summed E-state index contributed by atoms with van der Waals surface area (Å²) >= 11 is 0. The van der Waals surface area contributed by atoms with E-state index in [0.717, 1.165) is 32.4 Å². The van der Waals surface area contributed by atoms with E-state index in [1.807, 2.05) is 0 Å². The normalized spacial score (nSPS) is 26.8. The standard InChI is InChI=1S/C18H35N3/c1-14(2)11-21(12-15(3)4)17-8-7-9-18(10-17,13-19)20-16(5)6/h14-17,20H,7-12H2,1-6H3. The summed E-state index contributed by atoms with van der Waals surface area (Å²) in [6, 6.07) is 3.52. The highest BCUT2D eigenvalue weighted by Gasteiger charge is 2.39. The van der Waals surface area contributed by atoms with E-state index in [4.69, 9.17) is 0 Å². The van der Waals surface area contributed by atoms with Crippen molar-refractivity contribution in [1.29, 1.82) is 5.26 Å². The van der Waals surface area contributed by atoms with E-state index in [-0.39, 0.29) is 5.54 Å². The van der Waals surface area contributed by atoms with Gasteiger partial charge in [-0.2, -0.15) is 5.26 Å². The number of hydrogen-bond acceptors (Lipinski definition) is 3. The maximum Gasteiger partial charge on any atom is 0.108 e. The summed E-state index contributed by atoms with van der Waals surface area (Å²) < 4.78 is 0. The molecule has 21 heavy (non-hydrogen) atoms. The smallest absolute Gasteiger partial charge is 0.108 e. The average molecular weight is 293 g/mol. The highest BCUT2D eigenvalue weighted by molar-refractivity contribution is 5.11. The summed E-state index contributed by atoms with van der Waals surface area (Å²) in [5.74, 6) is 1.36. The van der Waals surface area contributed by atoms with Crippen molar-refractivity contribution >= 4 is 0 Å². The number of hydrogen-bond donors (Lipinski definition) is 1. The van der Waals surface area contributed by atoms with Crippen molar-refractivity contribution in [2.45, 2.75) is 84.8 Å². The Hall–Kier alpha value is -0.590. The molecule has 0 radical (unpaired) electrons. The van der Waals surface area contributed by atoms with E-state index < -0.39 is 0 Å². The third kappa shape index (κ3) is 5.96. The fourth-order valence-electron chi connectivity index (χ4n) is 3.69. The Bertz CT molecular complexity index is 333. The zero-order valence-corrected chi connectivity index (χ0v) is 14.9. The molecule has 0 aromatic rings. The van der Waals surface area contributed by atoms with Gasteiger partial charge in [-0.05, 0) is 51.4 Å². The molecular formula is C18H35N3. The van der Waals surface area contributed by atoms with Gasteiger partial charge < -0.3 is 0 Å². The van der Waals surface area contributed by atoms with E-state index in [9.17, 15) is 5.26 Å². The monoisotopic (exact) mass is 293 g/mol. The first-order valence-electron chi connectivity index (χ1n) is 8.71. The quantitative estimate of drug-likeness (QED) is 0.776. The van der Waals surface area contributed by atoms with Crippen molar-refractivity contribution in [2.75, 3.05) is 13.1 Å². The molecule has 2 unspecified atom stereocenters. The second-order valence-electron chi connectivity index (χ2n) is 7.98. The van der Waals surface area contributed by atoms with Crippen LogP contribution in [0.4, 0.5) is 0 Å². The molecular weight excluding hydrogens is 258 g/mol. The Morgan fingerprint density at radius 1 is 1.14 bits per heavy atom. The van der Waals surface area contributed by atoms with E-state index in [0.29, 0.717) is 23.9 Å². The molecule has 1 fully saturated rings. The molecule has 0 heterocycles. The second-order valence-corrected chi connectivity index (χ2v) is 7.98. The Balaban J connectivity index is 2.81. The van der Waals surface area contributed by atoms with Gasteiger partial charge in [0, 0.05) is 25.2 Å². The molecule has 0 aromatic heterocycles. The van der Waals surface area contributed by atoms with Gasteiger partial charge in [-0.1, -0.05) is 27.7 Å². The van der Waals surface area contributed by atoms with E-state index in [2.05, 4.69) is 57.8 Å². The zero-order chi connectivity index (χ0) is 16.0. The van der Waals surface area contributed by atoms with Crippen LogP contribution in [0.25, 0.3) is 0 Å². The van der Waals surface area contributed by atoms with Gasteiger partial charge in [0.1, 0.15) is 5.54 Å². The fraction of sp³-hybridized carbons (Fsp3) is 0.944. The molecule has 3 heteroatoms. The van der Waals surface area contributed by atoms with Crippen LogP contribution in [0.1, 0.15) is 67.2 Å². The van der Waals surface area contributed by atoms with Crippen LogP contribution in [0.2, 0.25) is 0 Å². The van der Waals surface area contributed by atoms with Gasteiger partial charge in [0.25, 0.3) is 0 Å². The highest BCUT2D eigenvalue weighted by atomic mass is 15.2. The number of nitriles is 1. The molecule has 1 N–H and O–H groups in total. The molecule has 1 aliphatic rings. The molecule has 1 rings (SSSR count). The molecule has 0 aromatic carbocycles. The number of rotatable bonds is 7. The summed E-state index contributed by atoms with van der Waals surface area (Å²) in [6.07, 6.45) is 4.36. The molecule has 0 saturated heterocycles. The molecule has 0 spiro atoms. The topological polar surface area (TPSA) is 39.1 Å². The maximum atomic E-state index is 9.72. The predicted octanol–water partition coefficient (Wildman–Crippen LogP) is 3.80. The number of nitrogens with zero attached hydrogens (tertiary/aromatic N) is 2. The first-order valence-corrected chi connectivity index (χ1v) is 8.71. The zero-order valence-electron chi connectivity index (χ0n) is 14.9. The van der Waals surface area contributed by atoms with Crippen molar-refractivity contribution in [3.63, 3.8) is 0 Å². The molecule has 0 bridgehead atoms. The van der Waals surface area contributed by atoms with Gasteiger partial charge in [-0.3, -0.25) is 10.2 Å². The third-order valence-electron chi connectivity index (χ3n) is 4.22. The van der Waals surface area contributed by atoms with Gasteiger partial charge >= 0.3 is 0 Å². The van der Waals surface area contributed by atoms with Crippen molar-refractivity contribution in [3.05, 3.63) is 0 Å². The minimum Gasteiger partial charge on any atom is -0.300 e. The Morgan fingerprint density at radius 2 is 1.71 bits per heavy atom. The minimum atomic E-state index is -0.316. The maximum absolute atomic E-state index is 9.72. The van der Waals surface area contributed by atoms with Gasteiger partial charge in [0.2, 0.25) is 0 Å². The lowest BCUT2D eigenvalue weighted by Crippen LogP contribution is -2.55. The van der Waals surface area contributed by atoms with Gasteiger partial charge in [-0.25, -0.2) is 0 Å². The van der Waals surface area contributed by atoms with Crippen molar-refractivity contribution < 1.29 is 0 Å². The highest BCUT2D eigenvalue weighted by Crippen LogP contribution is 2.32. The summed E-state index contributed by atoms with van der Waals surface area (Å²) in [5, 5.41) is 13.3. The van der Waals surface area contributed by atoms with Gasteiger partial charge in [-0.15, -0.1) is 0 Å². The predicted molar refractivity (Wildman–Crippen MR) is 90.1 cm³/mol. The minimum absolute atomic E-state index is 0.316. The first kappa shape index (κ1) is 18.5. The fourth-order valence-corrected chi connectivity index (χ4v) is 3.69. The summed E-state index contributed by atoms with van der Waals surface area (Å²) in [4.78, 5) is 2.64. The lowest BCUT2D eigenvalue weighted by Gasteiger charge is -2.43. The van der Waals surface area contributed by atoms with Crippen LogP contribution < -0.4 is 5.32 Å². The lowest BCUT2D eigenvalue weighted by molar-refractivity contribution is 0.0940. The van der Waals surface area contributed by atoms with Crippen LogP contribution in [-0.2, 0) is 0 Å². The van der Waals surface area contributed by atoms with Crippen LogP contribution in [0.5, 0.6) is 0 Å². The lowest BCUT2D eigenvalue weighted by atomic mass is 9.78. The van der Waals surface area contributed by atoms with Gasteiger partial charge in [0.15, 0.2) is 0 Å². The molecule has 3 nitrogen and oxygen atoms in total. The van der Waals surface area contributed by atoms with Crippen LogP contribution in [0.15, 0.2) is 0 Å². The van der Waals surface area contributed by atoms with Crippen molar-refractivity contribution in [3.8, 4) is 6.07 Å². The largest absolute Gasteiger partial charge is 0.300 e. The van der Waals surface area contributed by atoms with Crippen LogP contribution in [0.3, 0.4) is 0 Å². The van der Waals surface area contributed by atoms with Crippen LogP contribution in [0, 0.1) is 23.2 Å². The third-order valence-corrected chi connectivity index (χ3v) is 4.22. The molecule has 2 atom stereocenters. The summed E-state index contributed by atoms with van der Waals surface area (Å²) in [6.45, 7) is 15.7. The van der Waals surface area contributed by atoms with Gasteiger partial charge in [0.05, 0.1) is 6.07 Å². The van der Waals surface area contributed by atoms with Crippen LogP contribution in [-0.4, -0.2) is 35.6 Å². The van der Waals surface area contributed by atoms with E-state index in [1.54, 1.807) is 0 Å². The Morgan fingerprint density at radius 3 is 2.14 bits per heavy atom. The summed E-state index contributed by atoms with van der Waals surface area (Å²) in [5.41, 5.74) is -0.316. The number of nitrogens with one attached hydrogen (secondary N) is 1. The van der Waals surface area contributed by atoms with Crippen LogP contribution >= 0.6 is 0 Å². The molecule has 0 aliphatic heterocycles. The molecule has 1 saturated carbocycles. The summed E-state index contributed by atoms with van der Waals surface area (Å²) in [7, 11) is 0. The Labute approximate surface area is 132 Å². The average Bonchev–Trinajstić information content (AvgIpc) is 2.36. The van der Waals surface area contributed by atoms with E-state index >= 15 is 0 Å². The Kier molecular flexibility index (Phi) is 7.16.